The van der Waals surface area contributed by atoms with Gasteiger partial charge in [0.1, 0.15) is 0 Å². The van der Waals surface area contributed by atoms with Crippen LogP contribution in [0.25, 0.3) is 0 Å². The highest BCUT2D eigenvalue weighted by Gasteiger charge is 2.21. The van der Waals surface area contributed by atoms with Gasteiger partial charge in [0.15, 0.2) is 0 Å². The summed E-state index contributed by atoms with van der Waals surface area (Å²) in [7, 11) is 0. The monoisotopic (exact) mass is 226 g/mol. The highest BCUT2D eigenvalue weighted by atomic mass is 15.1. The fourth-order valence-electron chi connectivity index (χ4n) is 2.73. The van der Waals surface area contributed by atoms with Crippen LogP contribution in [-0.2, 0) is 0 Å². The Bertz CT molecular complexity index is 180. The van der Waals surface area contributed by atoms with E-state index in [2.05, 4.69) is 25.7 Å². The predicted octanol–water partition coefficient (Wildman–Crippen LogP) is 2.87. The first-order valence-corrected chi connectivity index (χ1v) is 7.09. The maximum Gasteiger partial charge on any atom is 0.00104 e. The van der Waals surface area contributed by atoms with Crippen molar-refractivity contribution in [2.24, 2.45) is 17.6 Å². The zero-order chi connectivity index (χ0) is 12.0. The fraction of sp³-hybridized carbons (Fsp3) is 1.00. The zero-order valence-corrected chi connectivity index (χ0v) is 11.4. The molecule has 1 fully saturated rings. The van der Waals surface area contributed by atoms with Crippen LogP contribution in [0.4, 0.5) is 0 Å². The Morgan fingerprint density at radius 1 is 1.31 bits per heavy atom. The Balaban J connectivity index is 2.08. The molecule has 0 aromatic heterocycles. The summed E-state index contributed by atoms with van der Waals surface area (Å²) in [5, 5.41) is 0. The van der Waals surface area contributed by atoms with E-state index in [-0.39, 0.29) is 0 Å². The van der Waals surface area contributed by atoms with Crippen molar-refractivity contribution < 1.29 is 0 Å². The third kappa shape index (κ3) is 5.31. The molecule has 0 aliphatic carbocycles. The van der Waals surface area contributed by atoms with Crippen LogP contribution in [0.3, 0.4) is 0 Å². The van der Waals surface area contributed by atoms with Gasteiger partial charge < -0.3 is 10.6 Å². The molecule has 16 heavy (non-hydrogen) atoms. The Labute approximate surface area is 102 Å². The van der Waals surface area contributed by atoms with Crippen LogP contribution in [0.15, 0.2) is 0 Å². The molecule has 3 atom stereocenters. The van der Waals surface area contributed by atoms with Gasteiger partial charge in [0.2, 0.25) is 0 Å². The summed E-state index contributed by atoms with van der Waals surface area (Å²) >= 11 is 0. The quantitative estimate of drug-likeness (QED) is 0.723. The lowest BCUT2D eigenvalue weighted by Crippen LogP contribution is -2.26. The number of hydrogen-bond donors (Lipinski definition) is 1. The van der Waals surface area contributed by atoms with Gasteiger partial charge in [-0.2, -0.15) is 0 Å². The summed E-state index contributed by atoms with van der Waals surface area (Å²) in [6.07, 6.45) is 6.60. The third-order valence-electron chi connectivity index (χ3n) is 3.87. The van der Waals surface area contributed by atoms with Crippen molar-refractivity contribution in [3.63, 3.8) is 0 Å². The summed E-state index contributed by atoms with van der Waals surface area (Å²) in [5.41, 5.74) is 5.77. The molecule has 2 heteroatoms. The second-order valence-electron chi connectivity index (χ2n) is 5.84. The van der Waals surface area contributed by atoms with Crippen molar-refractivity contribution in [1.82, 2.24) is 4.90 Å². The fourth-order valence-corrected chi connectivity index (χ4v) is 2.73. The van der Waals surface area contributed by atoms with Gasteiger partial charge >= 0.3 is 0 Å². The summed E-state index contributed by atoms with van der Waals surface area (Å²) in [6.45, 7) is 10.8. The van der Waals surface area contributed by atoms with Crippen LogP contribution in [0, 0.1) is 11.8 Å². The highest BCUT2D eigenvalue weighted by Crippen LogP contribution is 2.21. The van der Waals surface area contributed by atoms with Gasteiger partial charge in [0.05, 0.1) is 0 Å². The number of likely N-dealkylation sites (tertiary alicyclic amines) is 1. The smallest absolute Gasteiger partial charge is 0.00104 e. The van der Waals surface area contributed by atoms with Gasteiger partial charge in [-0.25, -0.2) is 0 Å². The summed E-state index contributed by atoms with van der Waals surface area (Å²) in [6, 6.07) is 0.378. The average molecular weight is 226 g/mol. The summed E-state index contributed by atoms with van der Waals surface area (Å²) in [5.74, 6) is 1.81. The van der Waals surface area contributed by atoms with E-state index < -0.39 is 0 Å². The minimum atomic E-state index is 0.378. The second kappa shape index (κ2) is 7.29. The Morgan fingerprint density at radius 2 is 2.06 bits per heavy atom. The number of hydrogen-bond acceptors (Lipinski definition) is 2. The van der Waals surface area contributed by atoms with E-state index in [1.165, 1.54) is 51.7 Å². The first kappa shape index (κ1) is 14.0. The molecule has 0 amide bonds. The molecule has 0 aromatic rings. The Morgan fingerprint density at radius 3 is 2.62 bits per heavy atom. The lowest BCUT2D eigenvalue weighted by Gasteiger charge is -2.21. The van der Waals surface area contributed by atoms with Gasteiger partial charge in [-0.05, 0) is 44.6 Å². The maximum absolute atomic E-state index is 5.77. The van der Waals surface area contributed by atoms with E-state index in [4.69, 9.17) is 5.73 Å². The molecule has 0 aromatic carbocycles. The number of rotatable bonds is 7. The molecule has 1 aliphatic rings. The summed E-state index contributed by atoms with van der Waals surface area (Å²) in [4.78, 5) is 2.66. The first-order valence-electron chi connectivity index (χ1n) is 7.09. The van der Waals surface area contributed by atoms with Crippen LogP contribution in [0.5, 0.6) is 0 Å². The Kier molecular flexibility index (Phi) is 6.37. The van der Waals surface area contributed by atoms with Gasteiger partial charge in [0.25, 0.3) is 0 Å². The van der Waals surface area contributed by atoms with Gasteiger partial charge in [0, 0.05) is 19.1 Å². The van der Waals surface area contributed by atoms with E-state index in [0.29, 0.717) is 6.04 Å². The average Bonchev–Trinajstić information content (AvgIpc) is 2.65. The largest absolute Gasteiger partial charge is 0.328 e. The van der Waals surface area contributed by atoms with E-state index in [9.17, 15) is 0 Å². The molecule has 3 unspecified atom stereocenters. The molecule has 1 heterocycles. The highest BCUT2D eigenvalue weighted by molar-refractivity contribution is 4.75. The van der Waals surface area contributed by atoms with Crippen molar-refractivity contribution in [3.05, 3.63) is 0 Å². The van der Waals surface area contributed by atoms with Crippen molar-refractivity contribution in [2.75, 3.05) is 19.6 Å². The van der Waals surface area contributed by atoms with E-state index in [1.807, 2.05) is 0 Å². The first-order chi connectivity index (χ1) is 7.61. The third-order valence-corrected chi connectivity index (χ3v) is 3.87. The molecule has 1 aliphatic heterocycles. The SMILES string of the molecule is CCC1CCN(CC(C)CCCC(C)N)C1. The summed E-state index contributed by atoms with van der Waals surface area (Å²) < 4.78 is 0. The van der Waals surface area contributed by atoms with Gasteiger partial charge in [-0.1, -0.05) is 26.7 Å². The van der Waals surface area contributed by atoms with Crippen molar-refractivity contribution in [1.29, 1.82) is 0 Å². The van der Waals surface area contributed by atoms with E-state index >= 15 is 0 Å². The van der Waals surface area contributed by atoms with Crippen LogP contribution in [0.2, 0.25) is 0 Å². The van der Waals surface area contributed by atoms with Gasteiger partial charge in [-0.15, -0.1) is 0 Å². The Hall–Kier alpha value is -0.0800. The van der Waals surface area contributed by atoms with Crippen LogP contribution < -0.4 is 5.73 Å². The molecule has 0 radical (unpaired) electrons. The number of nitrogens with zero attached hydrogens (tertiary/aromatic N) is 1. The molecule has 1 saturated heterocycles. The van der Waals surface area contributed by atoms with E-state index in [1.54, 1.807) is 0 Å². The molecular weight excluding hydrogens is 196 g/mol. The molecule has 1 rings (SSSR count). The molecule has 0 spiro atoms. The van der Waals surface area contributed by atoms with Crippen molar-refractivity contribution >= 4 is 0 Å². The second-order valence-corrected chi connectivity index (χ2v) is 5.84. The standard InChI is InChI=1S/C14H30N2/c1-4-14-8-9-16(11-14)10-12(2)6-5-7-13(3)15/h12-14H,4-11,15H2,1-3H3. The minimum Gasteiger partial charge on any atom is -0.328 e. The minimum absolute atomic E-state index is 0.378. The predicted molar refractivity (Wildman–Crippen MR) is 71.5 cm³/mol. The van der Waals surface area contributed by atoms with Crippen molar-refractivity contribution in [3.8, 4) is 0 Å². The maximum atomic E-state index is 5.77. The lowest BCUT2D eigenvalue weighted by atomic mass is 10.0. The topological polar surface area (TPSA) is 29.3 Å². The van der Waals surface area contributed by atoms with E-state index in [0.717, 1.165) is 11.8 Å². The molecule has 0 bridgehead atoms. The van der Waals surface area contributed by atoms with Crippen LogP contribution in [-0.4, -0.2) is 30.6 Å². The van der Waals surface area contributed by atoms with Crippen LogP contribution in [0.1, 0.15) is 52.9 Å². The van der Waals surface area contributed by atoms with Crippen molar-refractivity contribution in [2.45, 2.75) is 58.9 Å². The molecule has 2 N–H and O–H groups in total. The normalized spacial score (nSPS) is 25.9. The lowest BCUT2D eigenvalue weighted by molar-refractivity contribution is 0.266. The van der Waals surface area contributed by atoms with Gasteiger partial charge in [-0.3, -0.25) is 0 Å². The molecular formula is C14H30N2. The number of nitrogens with two attached hydrogens (primary N) is 1. The zero-order valence-electron chi connectivity index (χ0n) is 11.4. The molecule has 96 valence electrons. The molecule has 0 saturated carbocycles. The molecule has 2 nitrogen and oxygen atoms in total. The van der Waals surface area contributed by atoms with Crippen LogP contribution >= 0.6 is 0 Å².